The second-order valence-corrected chi connectivity index (χ2v) is 9.52. The van der Waals surface area contributed by atoms with Crippen molar-refractivity contribution in [3.05, 3.63) is 92.8 Å². The molecule has 2 heterocycles. The molecule has 0 aliphatic heterocycles. The van der Waals surface area contributed by atoms with E-state index in [9.17, 15) is 14.4 Å². The Labute approximate surface area is 205 Å². The Kier molecular flexibility index (Phi) is 6.67. The number of ether oxygens (including phenoxy) is 1. The number of fused-ring (bicyclic) bond motifs is 1. The van der Waals surface area contributed by atoms with E-state index < -0.39 is 5.97 Å². The summed E-state index contributed by atoms with van der Waals surface area (Å²) in [6, 6.07) is 16.7. The van der Waals surface area contributed by atoms with Crippen LogP contribution >= 0.6 is 11.3 Å². The van der Waals surface area contributed by atoms with Gasteiger partial charge in [-0.15, -0.1) is 0 Å². The van der Waals surface area contributed by atoms with Crippen LogP contribution in [0.1, 0.15) is 69.4 Å². The molecule has 2 aromatic carbocycles. The van der Waals surface area contributed by atoms with E-state index in [-0.39, 0.29) is 18.1 Å². The molecule has 1 saturated carbocycles. The monoisotopic (exact) mass is 488 g/mol. The van der Waals surface area contributed by atoms with E-state index in [2.05, 4.69) is 15.4 Å². The highest BCUT2D eigenvalue weighted by Gasteiger charge is 2.21. The number of aromatic nitrogens is 3. The predicted molar refractivity (Wildman–Crippen MR) is 133 cm³/mol. The molecule has 9 heteroatoms. The molecule has 0 unspecified atom stereocenters. The molecule has 0 spiro atoms. The lowest BCUT2D eigenvalue weighted by molar-refractivity contribution is 0.0467. The van der Waals surface area contributed by atoms with Crippen LogP contribution in [0.3, 0.4) is 0 Å². The molecule has 0 saturated heterocycles. The van der Waals surface area contributed by atoms with Crippen LogP contribution in [0.5, 0.6) is 0 Å². The Hall–Kier alpha value is -3.85. The SMILES string of the molecule is O=C(Nc1ccc(C(=O)OCc2cc(=O)n3nc(C4CCCCC4)sc3n2)cc1)c1ccccc1. The molecule has 0 radical (unpaired) electrons. The number of hydrogen-bond acceptors (Lipinski definition) is 7. The van der Waals surface area contributed by atoms with Gasteiger partial charge in [-0.3, -0.25) is 9.59 Å². The second kappa shape index (κ2) is 10.2. The van der Waals surface area contributed by atoms with Gasteiger partial charge in [-0.05, 0) is 49.2 Å². The molecule has 1 amide bonds. The van der Waals surface area contributed by atoms with Crippen molar-refractivity contribution < 1.29 is 14.3 Å². The average Bonchev–Trinajstić information content (AvgIpc) is 3.34. The number of carbonyl (C=O) groups is 2. The number of nitrogens with one attached hydrogen (secondary N) is 1. The zero-order chi connectivity index (χ0) is 24.2. The summed E-state index contributed by atoms with van der Waals surface area (Å²) in [5.41, 5.74) is 1.54. The van der Waals surface area contributed by atoms with Gasteiger partial charge in [0, 0.05) is 23.2 Å². The second-order valence-electron chi connectivity index (χ2n) is 8.53. The number of carbonyl (C=O) groups excluding carboxylic acids is 2. The summed E-state index contributed by atoms with van der Waals surface area (Å²) in [6.07, 6.45) is 5.80. The zero-order valence-electron chi connectivity index (χ0n) is 19.0. The molecule has 2 aromatic heterocycles. The lowest BCUT2D eigenvalue weighted by atomic mass is 9.90. The molecule has 0 bridgehead atoms. The molecule has 4 aromatic rings. The molecule has 5 rings (SSSR count). The molecule has 0 atom stereocenters. The fraction of sp³-hybridized carbons (Fsp3) is 0.269. The van der Waals surface area contributed by atoms with E-state index in [1.807, 2.05) is 6.07 Å². The topological polar surface area (TPSA) is 103 Å². The van der Waals surface area contributed by atoms with E-state index >= 15 is 0 Å². The maximum atomic E-state index is 12.5. The average molecular weight is 489 g/mol. The van der Waals surface area contributed by atoms with Gasteiger partial charge in [0.2, 0.25) is 4.96 Å². The smallest absolute Gasteiger partial charge is 0.338 e. The summed E-state index contributed by atoms with van der Waals surface area (Å²) in [6.45, 7) is -0.117. The van der Waals surface area contributed by atoms with Crippen LogP contribution < -0.4 is 10.9 Å². The van der Waals surface area contributed by atoms with Gasteiger partial charge in [0.25, 0.3) is 11.5 Å². The maximum absolute atomic E-state index is 12.5. The predicted octanol–water partition coefficient (Wildman–Crippen LogP) is 4.81. The lowest BCUT2D eigenvalue weighted by Gasteiger charge is -2.18. The number of amides is 1. The fourth-order valence-corrected chi connectivity index (χ4v) is 5.26. The third kappa shape index (κ3) is 5.30. The fourth-order valence-electron chi connectivity index (χ4n) is 4.16. The number of esters is 1. The van der Waals surface area contributed by atoms with E-state index in [1.54, 1.807) is 48.5 Å². The van der Waals surface area contributed by atoms with Crippen LogP contribution in [0.2, 0.25) is 0 Å². The molecular formula is C26H24N4O4S. The first kappa shape index (κ1) is 22.9. The highest BCUT2D eigenvalue weighted by molar-refractivity contribution is 7.16. The van der Waals surface area contributed by atoms with Crippen LogP contribution in [0.25, 0.3) is 4.96 Å². The molecule has 35 heavy (non-hydrogen) atoms. The van der Waals surface area contributed by atoms with Gasteiger partial charge in [0.15, 0.2) is 0 Å². The van der Waals surface area contributed by atoms with Crippen molar-refractivity contribution in [1.82, 2.24) is 14.6 Å². The molecule has 1 fully saturated rings. The maximum Gasteiger partial charge on any atom is 0.338 e. The van der Waals surface area contributed by atoms with Gasteiger partial charge in [0.05, 0.1) is 11.3 Å². The number of nitrogens with zero attached hydrogens (tertiary/aromatic N) is 3. The molecule has 1 aliphatic rings. The van der Waals surface area contributed by atoms with E-state index in [0.717, 1.165) is 17.8 Å². The minimum Gasteiger partial charge on any atom is -0.456 e. The summed E-state index contributed by atoms with van der Waals surface area (Å²) >= 11 is 1.43. The Morgan fingerprint density at radius 3 is 2.49 bits per heavy atom. The van der Waals surface area contributed by atoms with Gasteiger partial charge < -0.3 is 10.1 Å². The van der Waals surface area contributed by atoms with Crippen LogP contribution in [0.15, 0.2) is 65.5 Å². The zero-order valence-corrected chi connectivity index (χ0v) is 19.8. The third-order valence-corrected chi connectivity index (χ3v) is 7.10. The number of benzene rings is 2. The Bertz CT molecular complexity index is 1410. The molecule has 1 aliphatic carbocycles. The first-order valence-electron chi connectivity index (χ1n) is 11.6. The van der Waals surface area contributed by atoms with Crippen LogP contribution in [0.4, 0.5) is 5.69 Å². The minimum absolute atomic E-state index is 0.117. The van der Waals surface area contributed by atoms with Crippen molar-refractivity contribution in [3.8, 4) is 0 Å². The van der Waals surface area contributed by atoms with Gasteiger partial charge in [-0.1, -0.05) is 48.8 Å². The third-order valence-electron chi connectivity index (χ3n) is 6.03. The van der Waals surface area contributed by atoms with Gasteiger partial charge in [-0.2, -0.15) is 9.61 Å². The van der Waals surface area contributed by atoms with Crippen molar-refractivity contribution in [1.29, 1.82) is 0 Å². The largest absolute Gasteiger partial charge is 0.456 e. The highest BCUT2D eigenvalue weighted by Crippen LogP contribution is 2.34. The first-order valence-corrected chi connectivity index (χ1v) is 12.4. The van der Waals surface area contributed by atoms with E-state index in [4.69, 9.17) is 4.74 Å². The molecule has 178 valence electrons. The quantitative estimate of drug-likeness (QED) is 0.391. The molecule has 8 nitrogen and oxygen atoms in total. The van der Waals surface area contributed by atoms with E-state index in [1.165, 1.54) is 41.2 Å². The molecular weight excluding hydrogens is 464 g/mol. The summed E-state index contributed by atoms with van der Waals surface area (Å²) in [5, 5.41) is 8.23. The Balaban J connectivity index is 1.22. The van der Waals surface area contributed by atoms with Crippen LogP contribution in [0, 0.1) is 0 Å². The Morgan fingerprint density at radius 1 is 1.00 bits per heavy atom. The van der Waals surface area contributed by atoms with Gasteiger partial charge in [0.1, 0.15) is 11.6 Å². The van der Waals surface area contributed by atoms with Crippen molar-refractivity contribution in [2.45, 2.75) is 44.6 Å². The summed E-state index contributed by atoms with van der Waals surface area (Å²) < 4.78 is 6.71. The first-order chi connectivity index (χ1) is 17.1. The van der Waals surface area contributed by atoms with Crippen LogP contribution in [-0.4, -0.2) is 26.5 Å². The van der Waals surface area contributed by atoms with Crippen molar-refractivity contribution in [2.24, 2.45) is 0 Å². The van der Waals surface area contributed by atoms with Gasteiger partial charge in [-0.25, -0.2) is 9.78 Å². The number of rotatable bonds is 6. The highest BCUT2D eigenvalue weighted by atomic mass is 32.1. The standard InChI is InChI=1S/C26H24N4O4S/c31-22-15-21(28-26-30(22)29-24(35-26)18-9-5-2-6-10-18)16-34-25(33)19-11-13-20(14-12-19)27-23(32)17-7-3-1-4-8-17/h1,3-4,7-8,11-15,18H,2,5-6,9-10,16H2,(H,27,32). The summed E-state index contributed by atoms with van der Waals surface area (Å²) in [4.78, 5) is 42.3. The van der Waals surface area contributed by atoms with Crippen molar-refractivity contribution in [3.63, 3.8) is 0 Å². The lowest BCUT2D eigenvalue weighted by Crippen LogP contribution is -2.17. The van der Waals surface area contributed by atoms with E-state index in [0.29, 0.717) is 33.4 Å². The summed E-state index contributed by atoms with van der Waals surface area (Å²) in [5.74, 6) is -0.389. The van der Waals surface area contributed by atoms with Gasteiger partial charge >= 0.3 is 5.97 Å². The summed E-state index contributed by atoms with van der Waals surface area (Å²) in [7, 11) is 0. The number of anilines is 1. The normalized spacial score (nSPS) is 14.1. The van der Waals surface area contributed by atoms with Crippen LogP contribution in [-0.2, 0) is 11.3 Å². The number of hydrogen-bond donors (Lipinski definition) is 1. The van der Waals surface area contributed by atoms with Crippen molar-refractivity contribution >= 4 is 33.9 Å². The molecule has 1 N–H and O–H groups in total. The minimum atomic E-state index is -0.542. The Morgan fingerprint density at radius 2 is 1.74 bits per heavy atom. The van der Waals surface area contributed by atoms with Crippen molar-refractivity contribution in [2.75, 3.05) is 5.32 Å².